The van der Waals surface area contributed by atoms with Gasteiger partial charge in [0.15, 0.2) is 0 Å². The van der Waals surface area contributed by atoms with E-state index in [1.807, 2.05) is 0 Å². The van der Waals surface area contributed by atoms with Gasteiger partial charge < -0.3 is 15.5 Å². The molecule has 38 heavy (non-hydrogen) atoms. The van der Waals surface area contributed by atoms with Gasteiger partial charge in [-0.05, 0) is 59.4 Å². The van der Waals surface area contributed by atoms with Crippen LogP contribution in [-0.2, 0) is 16.6 Å². The van der Waals surface area contributed by atoms with Crippen molar-refractivity contribution in [3.63, 3.8) is 0 Å². The number of unbranched alkanes of at least 4 members (excludes halogenated alkanes) is 3. The van der Waals surface area contributed by atoms with Crippen LogP contribution in [0.15, 0.2) is 72.8 Å². The van der Waals surface area contributed by atoms with Gasteiger partial charge >= 0.3 is 12.1 Å². The quantitative estimate of drug-likeness (QED) is 0.227. The lowest BCUT2D eigenvalue weighted by Crippen LogP contribution is -2.28. The number of carbonyl (C=O) groups excluding carboxylic acids is 1. The van der Waals surface area contributed by atoms with E-state index in [1.165, 1.54) is 12.1 Å². The number of benzene rings is 3. The molecular formula is C30H32F3NO4. The lowest BCUT2D eigenvalue weighted by atomic mass is 9.81. The number of carboxylic acids is 1. The number of aliphatic hydroxyl groups is 1. The number of hydrogen-bond donors (Lipinski definition) is 3. The molecule has 0 saturated carbocycles. The summed E-state index contributed by atoms with van der Waals surface area (Å²) < 4.78 is 38.7. The molecule has 0 fully saturated rings. The monoisotopic (exact) mass is 527 g/mol. The molecule has 0 bridgehead atoms. The zero-order valence-corrected chi connectivity index (χ0v) is 21.2. The van der Waals surface area contributed by atoms with Gasteiger partial charge in [0, 0.05) is 12.1 Å². The predicted molar refractivity (Wildman–Crippen MR) is 140 cm³/mol. The number of carbonyl (C=O) groups is 2. The molecular weight excluding hydrogens is 495 g/mol. The third kappa shape index (κ3) is 7.44. The van der Waals surface area contributed by atoms with Gasteiger partial charge in [0.2, 0.25) is 0 Å². The number of rotatable bonds is 12. The molecule has 1 amide bonds. The number of aliphatic carboxylic acids is 1. The molecule has 3 aromatic carbocycles. The number of hydrogen-bond acceptors (Lipinski definition) is 3. The molecule has 0 aliphatic heterocycles. The molecule has 1 atom stereocenters. The average molecular weight is 528 g/mol. The lowest BCUT2D eigenvalue weighted by Gasteiger charge is -2.30. The van der Waals surface area contributed by atoms with Crippen molar-refractivity contribution in [2.45, 2.75) is 57.2 Å². The van der Waals surface area contributed by atoms with Crippen LogP contribution in [0.5, 0.6) is 0 Å². The topological polar surface area (TPSA) is 86.6 Å². The number of alkyl halides is 3. The zero-order valence-electron chi connectivity index (χ0n) is 21.2. The smallest absolute Gasteiger partial charge is 0.416 e. The molecule has 0 aromatic heterocycles. The molecule has 3 rings (SSSR count). The van der Waals surface area contributed by atoms with Gasteiger partial charge in [0.1, 0.15) is 5.60 Å². The molecule has 0 radical (unpaired) electrons. The van der Waals surface area contributed by atoms with Crippen LogP contribution in [0.4, 0.5) is 13.2 Å². The number of halogens is 3. The van der Waals surface area contributed by atoms with E-state index >= 15 is 0 Å². The molecule has 3 N–H and O–H groups in total. The van der Waals surface area contributed by atoms with Crippen LogP contribution in [0.3, 0.4) is 0 Å². The first-order chi connectivity index (χ1) is 18.0. The van der Waals surface area contributed by atoms with E-state index in [0.29, 0.717) is 28.7 Å². The maximum Gasteiger partial charge on any atom is 0.416 e. The summed E-state index contributed by atoms with van der Waals surface area (Å²) in [7, 11) is 0. The van der Waals surface area contributed by atoms with E-state index in [-0.39, 0.29) is 13.0 Å². The maximum absolute atomic E-state index is 12.9. The Bertz CT molecular complexity index is 1210. The second-order valence-corrected chi connectivity index (χ2v) is 9.30. The largest absolute Gasteiger partial charge is 0.481 e. The Morgan fingerprint density at radius 1 is 0.763 bits per heavy atom. The molecule has 3 aromatic rings. The van der Waals surface area contributed by atoms with Gasteiger partial charge in [-0.25, -0.2) is 0 Å². The van der Waals surface area contributed by atoms with E-state index < -0.39 is 29.2 Å². The fourth-order valence-electron chi connectivity index (χ4n) is 4.34. The van der Waals surface area contributed by atoms with Gasteiger partial charge in [0.05, 0.1) is 12.0 Å². The standard InChI is InChI=1S/C30H32F3NO4/c1-2-3-4-5-19-29(38,25-14-10-23(11-15-25)28(37)34-20-18-27(35)36)24-12-6-21(7-13-24)22-8-16-26(17-9-22)30(31,32)33/h6-17,38H,2-5,18-20H2,1H3,(H,34,37)(H,35,36). The van der Waals surface area contributed by atoms with E-state index in [2.05, 4.69) is 12.2 Å². The summed E-state index contributed by atoms with van der Waals surface area (Å²) in [4.78, 5) is 23.0. The molecule has 5 nitrogen and oxygen atoms in total. The molecule has 0 spiro atoms. The minimum atomic E-state index is -4.40. The number of amides is 1. The van der Waals surface area contributed by atoms with Crippen molar-refractivity contribution in [3.05, 3.63) is 95.1 Å². The van der Waals surface area contributed by atoms with Crippen LogP contribution in [0.2, 0.25) is 0 Å². The van der Waals surface area contributed by atoms with Crippen molar-refractivity contribution in [1.82, 2.24) is 5.32 Å². The molecule has 8 heteroatoms. The molecule has 0 saturated heterocycles. The van der Waals surface area contributed by atoms with E-state index in [4.69, 9.17) is 5.11 Å². The van der Waals surface area contributed by atoms with Crippen molar-refractivity contribution in [2.75, 3.05) is 6.54 Å². The third-order valence-corrected chi connectivity index (χ3v) is 6.55. The van der Waals surface area contributed by atoms with E-state index in [9.17, 15) is 27.9 Å². The Hall–Kier alpha value is -3.65. The van der Waals surface area contributed by atoms with Crippen molar-refractivity contribution in [3.8, 4) is 11.1 Å². The summed E-state index contributed by atoms with van der Waals surface area (Å²) >= 11 is 0. The van der Waals surface area contributed by atoms with Gasteiger partial charge in [-0.1, -0.05) is 74.7 Å². The van der Waals surface area contributed by atoms with Crippen LogP contribution in [0.25, 0.3) is 11.1 Å². The lowest BCUT2D eigenvalue weighted by molar-refractivity contribution is -0.138. The number of carboxylic acid groups (broad SMARTS) is 1. The van der Waals surface area contributed by atoms with Gasteiger partial charge in [0.25, 0.3) is 5.91 Å². The Kier molecular flexibility index (Phi) is 9.69. The maximum atomic E-state index is 12.9. The van der Waals surface area contributed by atoms with Crippen molar-refractivity contribution in [2.24, 2.45) is 0 Å². The van der Waals surface area contributed by atoms with Crippen LogP contribution >= 0.6 is 0 Å². The molecule has 0 aliphatic rings. The second kappa shape index (κ2) is 12.7. The van der Waals surface area contributed by atoms with Gasteiger partial charge in [-0.15, -0.1) is 0 Å². The van der Waals surface area contributed by atoms with E-state index in [1.54, 1.807) is 48.5 Å². The van der Waals surface area contributed by atoms with Crippen LogP contribution in [0.1, 0.15) is 72.5 Å². The van der Waals surface area contributed by atoms with Crippen molar-refractivity contribution >= 4 is 11.9 Å². The Morgan fingerprint density at radius 3 is 1.74 bits per heavy atom. The summed E-state index contributed by atoms with van der Waals surface area (Å²) in [6, 6.07) is 18.6. The summed E-state index contributed by atoms with van der Waals surface area (Å²) in [5.74, 6) is -1.40. The third-order valence-electron chi connectivity index (χ3n) is 6.55. The minimum Gasteiger partial charge on any atom is -0.481 e. The summed E-state index contributed by atoms with van der Waals surface area (Å²) in [6.45, 7) is 2.12. The molecule has 202 valence electrons. The first kappa shape index (κ1) is 28.9. The highest BCUT2D eigenvalue weighted by molar-refractivity contribution is 5.94. The molecule has 1 unspecified atom stereocenters. The van der Waals surface area contributed by atoms with Crippen LogP contribution < -0.4 is 5.32 Å². The Balaban J connectivity index is 1.84. The van der Waals surface area contributed by atoms with Gasteiger partial charge in [-0.3, -0.25) is 9.59 Å². The first-order valence-corrected chi connectivity index (χ1v) is 12.7. The average Bonchev–Trinajstić information content (AvgIpc) is 2.90. The summed E-state index contributed by atoms with van der Waals surface area (Å²) in [5, 5.41) is 23.2. The Morgan fingerprint density at radius 2 is 1.26 bits per heavy atom. The second-order valence-electron chi connectivity index (χ2n) is 9.30. The fourth-order valence-corrected chi connectivity index (χ4v) is 4.34. The predicted octanol–water partition coefficient (Wildman–Crippen LogP) is 6.78. The highest BCUT2D eigenvalue weighted by atomic mass is 19.4. The SMILES string of the molecule is CCCCCCC(O)(c1ccc(C(=O)NCCC(=O)O)cc1)c1ccc(-c2ccc(C(F)(F)F)cc2)cc1. The summed E-state index contributed by atoms with van der Waals surface area (Å²) in [5.41, 5.74) is 0.925. The van der Waals surface area contributed by atoms with Crippen molar-refractivity contribution < 1.29 is 33.0 Å². The summed E-state index contributed by atoms with van der Waals surface area (Å²) in [6.07, 6.45) is -0.300. The molecule has 0 aliphatic carbocycles. The minimum absolute atomic E-state index is 0.0164. The van der Waals surface area contributed by atoms with E-state index in [0.717, 1.165) is 43.4 Å². The highest BCUT2D eigenvalue weighted by Gasteiger charge is 2.32. The first-order valence-electron chi connectivity index (χ1n) is 12.7. The highest BCUT2D eigenvalue weighted by Crippen LogP contribution is 2.37. The van der Waals surface area contributed by atoms with Crippen LogP contribution in [-0.4, -0.2) is 28.6 Å². The normalized spacial score (nSPS) is 13.1. The van der Waals surface area contributed by atoms with Gasteiger partial charge in [-0.2, -0.15) is 13.2 Å². The van der Waals surface area contributed by atoms with Crippen LogP contribution in [0, 0.1) is 0 Å². The van der Waals surface area contributed by atoms with Crippen molar-refractivity contribution in [1.29, 1.82) is 0 Å². The molecule has 0 heterocycles. The zero-order chi connectivity index (χ0) is 27.8. The number of nitrogens with one attached hydrogen (secondary N) is 1. The Labute approximate surface area is 220 Å². The fraction of sp³-hybridized carbons (Fsp3) is 0.333.